The van der Waals surface area contributed by atoms with Gasteiger partial charge in [0.05, 0.1) is 0 Å². The number of hydrogen-bond donors (Lipinski definition) is 3. The number of amides is 3. The van der Waals surface area contributed by atoms with Crippen molar-refractivity contribution in [1.29, 1.82) is 0 Å². The third kappa shape index (κ3) is 8.98. The predicted octanol–water partition coefficient (Wildman–Crippen LogP) is -0.989. The highest BCUT2D eigenvalue weighted by atomic mass is 16.2. The van der Waals surface area contributed by atoms with Crippen LogP contribution in [0.3, 0.4) is 0 Å². The molecule has 0 spiro atoms. The highest BCUT2D eigenvalue weighted by Crippen LogP contribution is 1.91. The van der Waals surface area contributed by atoms with Crippen molar-refractivity contribution in [3.63, 3.8) is 0 Å². The molecule has 0 aliphatic heterocycles. The summed E-state index contributed by atoms with van der Waals surface area (Å²) in [4.78, 5) is 32.2. The molecule has 16 heavy (non-hydrogen) atoms. The van der Waals surface area contributed by atoms with Gasteiger partial charge in [-0.05, 0) is 0 Å². The van der Waals surface area contributed by atoms with Crippen molar-refractivity contribution in [2.24, 2.45) is 5.92 Å². The van der Waals surface area contributed by atoms with Gasteiger partial charge in [0.2, 0.25) is 17.7 Å². The fourth-order valence-electron chi connectivity index (χ4n) is 1.08. The summed E-state index contributed by atoms with van der Waals surface area (Å²) in [5, 5.41) is 7.95. The molecule has 0 rings (SSSR count). The molecule has 0 bridgehead atoms. The predicted molar refractivity (Wildman–Crippen MR) is 59.5 cm³/mol. The lowest BCUT2D eigenvalue weighted by Crippen LogP contribution is -2.41. The van der Waals surface area contributed by atoms with Crippen molar-refractivity contribution in [2.75, 3.05) is 19.6 Å². The van der Waals surface area contributed by atoms with Crippen molar-refractivity contribution in [3.8, 4) is 0 Å². The zero-order valence-electron chi connectivity index (χ0n) is 9.92. The van der Waals surface area contributed by atoms with Gasteiger partial charge in [-0.25, -0.2) is 0 Å². The molecular formula is C10H19N3O3. The largest absolute Gasteiger partial charge is 0.356 e. The molecule has 3 amide bonds. The molecular weight excluding hydrogens is 210 g/mol. The van der Waals surface area contributed by atoms with Gasteiger partial charge in [0, 0.05) is 46.3 Å². The third-order valence-electron chi connectivity index (χ3n) is 1.92. The maximum Gasteiger partial charge on any atom is 0.216 e. The first-order valence-electron chi connectivity index (χ1n) is 5.15. The Hall–Kier alpha value is -1.59. The highest BCUT2D eigenvalue weighted by Gasteiger charge is 2.10. The van der Waals surface area contributed by atoms with Gasteiger partial charge in [-0.2, -0.15) is 0 Å². The van der Waals surface area contributed by atoms with Gasteiger partial charge in [-0.1, -0.05) is 0 Å². The van der Waals surface area contributed by atoms with Crippen molar-refractivity contribution in [1.82, 2.24) is 16.0 Å². The second kappa shape index (κ2) is 7.67. The van der Waals surface area contributed by atoms with Crippen LogP contribution in [0.1, 0.15) is 20.8 Å². The average molecular weight is 229 g/mol. The molecule has 92 valence electrons. The van der Waals surface area contributed by atoms with Gasteiger partial charge in [-0.3, -0.25) is 14.4 Å². The molecule has 0 heterocycles. The standard InChI is InChI=1S/C10H19N3O3/c1-7(14)11-4-10(5-12-8(2)15)6-13-9(3)16/h10H,4-6H2,1-3H3,(H,11,14)(H,12,15)(H,13,16). The van der Waals surface area contributed by atoms with Crippen LogP contribution in [0, 0.1) is 5.92 Å². The summed E-state index contributed by atoms with van der Waals surface area (Å²) in [6.45, 7) is 5.55. The fourth-order valence-corrected chi connectivity index (χ4v) is 1.08. The minimum Gasteiger partial charge on any atom is -0.356 e. The third-order valence-corrected chi connectivity index (χ3v) is 1.92. The Morgan fingerprint density at radius 3 is 1.19 bits per heavy atom. The molecule has 0 saturated carbocycles. The van der Waals surface area contributed by atoms with E-state index in [0.717, 1.165) is 0 Å². The van der Waals surface area contributed by atoms with Gasteiger partial charge >= 0.3 is 0 Å². The van der Waals surface area contributed by atoms with Crippen LogP contribution in [0.5, 0.6) is 0 Å². The molecule has 0 aromatic heterocycles. The van der Waals surface area contributed by atoms with E-state index in [9.17, 15) is 14.4 Å². The smallest absolute Gasteiger partial charge is 0.216 e. The van der Waals surface area contributed by atoms with E-state index in [-0.39, 0.29) is 23.6 Å². The quantitative estimate of drug-likeness (QED) is 0.546. The number of carbonyl (C=O) groups is 3. The minimum atomic E-state index is -0.129. The second-order valence-electron chi connectivity index (χ2n) is 3.68. The van der Waals surface area contributed by atoms with E-state index in [1.54, 1.807) is 0 Å². The van der Waals surface area contributed by atoms with Crippen LogP contribution < -0.4 is 16.0 Å². The summed E-state index contributed by atoms with van der Waals surface area (Å²) in [5.74, 6) is -0.390. The first-order valence-corrected chi connectivity index (χ1v) is 5.15. The molecule has 0 saturated heterocycles. The van der Waals surface area contributed by atoms with Crippen molar-refractivity contribution < 1.29 is 14.4 Å². The molecule has 0 atom stereocenters. The van der Waals surface area contributed by atoms with Crippen LogP contribution in [-0.2, 0) is 14.4 Å². The number of carbonyl (C=O) groups excluding carboxylic acids is 3. The van der Waals surface area contributed by atoms with Gasteiger partial charge in [0.15, 0.2) is 0 Å². The zero-order chi connectivity index (χ0) is 12.6. The molecule has 0 aromatic carbocycles. The topological polar surface area (TPSA) is 87.3 Å². The normalized spacial score (nSPS) is 9.75. The summed E-state index contributed by atoms with van der Waals surface area (Å²) in [6, 6.07) is 0. The summed E-state index contributed by atoms with van der Waals surface area (Å²) >= 11 is 0. The zero-order valence-corrected chi connectivity index (χ0v) is 9.92. The lowest BCUT2D eigenvalue weighted by Gasteiger charge is -2.17. The summed E-state index contributed by atoms with van der Waals surface area (Å²) < 4.78 is 0. The van der Waals surface area contributed by atoms with E-state index in [1.165, 1.54) is 20.8 Å². The second-order valence-corrected chi connectivity index (χ2v) is 3.68. The highest BCUT2D eigenvalue weighted by molar-refractivity contribution is 5.74. The van der Waals surface area contributed by atoms with E-state index in [1.807, 2.05) is 0 Å². The Balaban J connectivity index is 3.98. The molecule has 0 aliphatic carbocycles. The van der Waals surface area contributed by atoms with Crippen molar-refractivity contribution in [3.05, 3.63) is 0 Å². The van der Waals surface area contributed by atoms with Gasteiger partial charge in [-0.15, -0.1) is 0 Å². The van der Waals surface area contributed by atoms with Crippen molar-refractivity contribution >= 4 is 17.7 Å². The van der Waals surface area contributed by atoms with E-state index >= 15 is 0 Å². The molecule has 6 nitrogen and oxygen atoms in total. The maximum absolute atomic E-state index is 10.7. The molecule has 0 aromatic rings. The van der Waals surface area contributed by atoms with E-state index < -0.39 is 0 Å². The van der Waals surface area contributed by atoms with E-state index in [4.69, 9.17) is 0 Å². The first-order chi connectivity index (χ1) is 7.41. The van der Waals surface area contributed by atoms with Crippen molar-refractivity contribution in [2.45, 2.75) is 20.8 Å². The molecule has 0 aliphatic rings. The molecule has 0 unspecified atom stereocenters. The Labute approximate surface area is 95.2 Å². The molecule has 6 heteroatoms. The summed E-state index contributed by atoms with van der Waals surface area (Å²) in [5.41, 5.74) is 0. The Kier molecular flexibility index (Phi) is 6.91. The lowest BCUT2D eigenvalue weighted by atomic mass is 10.1. The van der Waals surface area contributed by atoms with E-state index in [2.05, 4.69) is 16.0 Å². The van der Waals surface area contributed by atoms with Crippen LogP contribution in [0.25, 0.3) is 0 Å². The summed E-state index contributed by atoms with van der Waals surface area (Å²) in [7, 11) is 0. The minimum absolute atomic E-state index is 0.00306. The molecule has 3 N–H and O–H groups in total. The SMILES string of the molecule is CC(=O)NCC(CNC(C)=O)CNC(C)=O. The van der Waals surface area contributed by atoms with E-state index in [0.29, 0.717) is 19.6 Å². The Bertz CT molecular complexity index is 223. The van der Waals surface area contributed by atoms with Crippen LogP contribution in [0.15, 0.2) is 0 Å². The number of rotatable bonds is 6. The number of hydrogen-bond acceptors (Lipinski definition) is 3. The maximum atomic E-state index is 10.7. The van der Waals surface area contributed by atoms with Crippen LogP contribution in [0.4, 0.5) is 0 Å². The monoisotopic (exact) mass is 229 g/mol. The number of nitrogens with one attached hydrogen (secondary N) is 3. The lowest BCUT2D eigenvalue weighted by molar-refractivity contribution is -0.119. The summed E-state index contributed by atoms with van der Waals surface area (Å²) in [6.07, 6.45) is 0. The molecule has 0 radical (unpaired) electrons. The van der Waals surface area contributed by atoms with Crippen LogP contribution in [-0.4, -0.2) is 37.4 Å². The molecule has 0 fully saturated rings. The van der Waals surface area contributed by atoms with Gasteiger partial charge < -0.3 is 16.0 Å². The van der Waals surface area contributed by atoms with Gasteiger partial charge in [0.25, 0.3) is 0 Å². The Morgan fingerprint density at radius 2 is 1.00 bits per heavy atom. The van der Waals surface area contributed by atoms with Crippen LogP contribution >= 0.6 is 0 Å². The first kappa shape index (κ1) is 14.4. The van der Waals surface area contributed by atoms with Crippen LogP contribution in [0.2, 0.25) is 0 Å². The van der Waals surface area contributed by atoms with Gasteiger partial charge in [0.1, 0.15) is 0 Å². The average Bonchev–Trinajstić information content (AvgIpc) is 2.15. The Morgan fingerprint density at radius 1 is 0.750 bits per heavy atom. The fraction of sp³-hybridized carbons (Fsp3) is 0.700.